The van der Waals surface area contributed by atoms with Crippen molar-refractivity contribution in [3.63, 3.8) is 0 Å². The molecule has 1 aromatic carbocycles. The van der Waals surface area contributed by atoms with Crippen LogP contribution in [0, 0.1) is 6.92 Å². The maximum Gasteiger partial charge on any atom is 0.251 e. The highest BCUT2D eigenvalue weighted by atomic mass is 16.5. The van der Waals surface area contributed by atoms with Gasteiger partial charge in [0.05, 0.1) is 19.8 Å². The van der Waals surface area contributed by atoms with Crippen LogP contribution in [0.25, 0.3) is 0 Å². The number of carbonyl (C=O) groups is 1. The molecule has 0 spiro atoms. The summed E-state index contributed by atoms with van der Waals surface area (Å²) in [6, 6.07) is 9.06. The van der Waals surface area contributed by atoms with E-state index in [9.17, 15) is 4.79 Å². The summed E-state index contributed by atoms with van der Waals surface area (Å²) < 4.78 is 10.8. The van der Waals surface area contributed by atoms with E-state index < -0.39 is 0 Å². The van der Waals surface area contributed by atoms with Crippen LogP contribution in [0.15, 0.2) is 30.3 Å². The minimum atomic E-state index is -0.113. The topological polar surface area (TPSA) is 88.6 Å². The Morgan fingerprint density at radius 3 is 2.64 bits per heavy atom. The van der Waals surface area contributed by atoms with Gasteiger partial charge in [-0.05, 0) is 38.1 Å². The normalized spacial score (nSPS) is 13.9. The number of amides is 1. The van der Waals surface area contributed by atoms with E-state index in [1.807, 2.05) is 19.9 Å². The molecule has 0 unspecified atom stereocenters. The second-order valence-corrected chi connectivity index (χ2v) is 6.40. The van der Waals surface area contributed by atoms with Gasteiger partial charge in [-0.3, -0.25) is 4.79 Å². The molecule has 28 heavy (non-hydrogen) atoms. The largest absolute Gasteiger partial charge is 0.494 e. The maximum atomic E-state index is 12.2. The number of benzene rings is 1. The van der Waals surface area contributed by atoms with E-state index in [0.717, 1.165) is 30.5 Å². The Kier molecular flexibility index (Phi) is 7.02. The van der Waals surface area contributed by atoms with Gasteiger partial charge in [0.15, 0.2) is 0 Å². The Labute approximate surface area is 165 Å². The van der Waals surface area contributed by atoms with Crippen molar-refractivity contribution in [1.82, 2.24) is 15.3 Å². The fraction of sp³-hybridized carbons (Fsp3) is 0.450. The number of hydrogen-bond donors (Lipinski definition) is 2. The quantitative estimate of drug-likeness (QED) is 0.671. The van der Waals surface area contributed by atoms with Gasteiger partial charge in [0, 0.05) is 37.8 Å². The van der Waals surface area contributed by atoms with Gasteiger partial charge in [0.1, 0.15) is 23.2 Å². The van der Waals surface area contributed by atoms with Gasteiger partial charge < -0.3 is 25.0 Å². The summed E-state index contributed by atoms with van der Waals surface area (Å²) in [7, 11) is 0. The molecule has 1 amide bonds. The lowest BCUT2D eigenvalue weighted by Gasteiger charge is -2.28. The number of hydrogen-bond acceptors (Lipinski definition) is 7. The van der Waals surface area contributed by atoms with Crippen molar-refractivity contribution in [3.8, 4) is 5.75 Å². The molecule has 0 aliphatic carbocycles. The predicted octanol–water partition coefficient (Wildman–Crippen LogP) is 1.86. The van der Waals surface area contributed by atoms with Crippen molar-refractivity contribution in [2.24, 2.45) is 0 Å². The first-order chi connectivity index (χ1) is 13.7. The van der Waals surface area contributed by atoms with E-state index in [1.54, 1.807) is 24.3 Å². The zero-order valence-corrected chi connectivity index (χ0v) is 16.4. The molecule has 8 heteroatoms. The van der Waals surface area contributed by atoms with Gasteiger partial charge in [-0.2, -0.15) is 0 Å². The number of nitrogens with one attached hydrogen (secondary N) is 2. The third-order valence-electron chi connectivity index (χ3n) is 4.30. The third kappa shape index (κ3) is 5.56. The number of aryl methyl sites for hydroxylation is 1. The summed E-state index contributed by atoms with van der Waals surface area (Å²) in [6.07, 6.45) is 0. The number of nitrogens with zero attached hydrogens (tertiary/aromatic N) is 3. The average molecular weight is 385 g/mol. The molecule has 0 atom stereocenters. The van der Waals surface area contributed by atoms with Gasteiger partial charge >= 0.3 is 0 Å². The number of aromatic nitrogens is 2. The standard InChI is InChI=1S/C20H27N5O3/c1-3-28-17-6-4-16(5-7-17)20(26)22-9-8-21-18-14-19(24-15(2)23-18)25-10-12-27-13-11-25/h4-7,14H,3,8-13H2,1-2H3,(H,22,26)(H,21,23,24). The lowest BCUT2D eigenvalue weighted by Crippen LogP contribution is -2.37. The lowest BCUT2D eigenvalue weighted by molar-refractivity contribution is 0.0955. The summed E-state index contributed by atoms with van der Waals surface area (Å²) in [4.78, 5) is 23.3. The highest BCUT2D eigenvalue weighted by molar-refractivity contribution is 5.94. The van der Waals surface area contributed by atoms with Crippen LogP contribution in [0.5, 0.6) is 5.75 Å². The molecule has 3 rings (SSSR count). The van der Waals surface area contributed by atoms with Gasteiger partial charge in [0.2, 0.25) is 0 Å². The van der Waals surface area contributed by atoms with E-state index in [-0.39, 0.29) is 5.91 Å². The van der Waals surface area contributed by atoms with E-state index in [4.69, 9.17) is 9.47 Å². The molecule has 0 radical (unpaired) electrons. The van der Waals surface area contributed by atoms with Crippen LogP contribution in [0.4, 0.5) is 11.6 Å². The Hall–Kier alpha value is -2.87. The molecule has 1 aliphatic rings. The molecule has 150 valence electrons. The summed E-state index contributed by atoms with van der Waals surface area (Å²) in [5.74, 6) is 3.01. The Morgan fingerprint density at radius 2 is 1.93 bits per heavy atom. The van der Waals surface area contributed by atoms with Crippen LogP contribution in [-0.4, -0.2) is 61.9 Å². The first kappa shape index (κ1) is 19.9. The van der Waals surface area contributed by atoms with Crippen molar-refractivity contribution in [2.75, 3.05) is 56.2 Å². The van der Waals surface area contributed by atoms with Crippen LogP contribution < -0.4 is 20.3 Å². The molecular formula is C20H27N5O3. The third-order valence-corrected chi connectivity index (χ3v) is 4.30. The fourth-order valence-corrected chi connectivity index (χ4v) is 2.93. The molecule has 0 saturated carbocycles. The summed E-state index contributed by atoms with van der Waals surface area (Å²) in [6.45, 7) is 8.55. The molecule has 1 saturated heterocycles. The number of rotatable bonds is 8. The second-order valence-electron chi connectivity index (χ2n) is 6.40. The average Bonchev–Trinajstić information content (AvgIpc) is 2.72. The molecule has 8 nitrogen and oxygen atoms in total. The molecule has 2 heterocycles. The van der Waals surface area contributed by atoms with Crippen molar-refractivity contribution in [3.05, 3.63) is 41.7 Å². The first-order valence-electron chi connectivity index (χ1n) is 9.59. The van der Waals surface area contributed by atoms with Crippen molar-refractivity contribution < 1.29 is 14.3 Å². The van der Waals surface area contributed by atoms with Crippen molar-refractivity contribution in [1.29, 1.82) is 0 Å². The summed E-state index contributed by atoms with van der Waals surface area (Å²) in [5.41, 5.74) is 0.607. The van der Waals surface area contributed by atoms with Crippen LogP contribution in [0.1, 0.15) is 23.1 Å². The first-order valence-corrected chi connectivity index (χ1v) is 9.59. The van der Waals surface area contributed by atoms with E-state index in [0.29, 0.717) is 44.3 Å². The van der Waals surface area contributed by atoms with E-state index >= 15 is 0 Å². The van der Waals surface area contributed by atoms with Crippen LogP contribution >= 0.6 is 0 Å². The van der Waals surface area contributed by atoms with Crippen LogP contribution in [0.2, 0.25) is 0 Å². The zero-order chi connectivity index (χ0) is 19.8. The molecule has 1 aromatic heterocycles. The fourth-order valence-electron chi connectivity index (χ4n) is 2.93. The number of ether oxygens (including phenoxy) is 2. The monoisotopic (exact) mass is 385 g/mol. The molecule has 0 bridgehead atoms. The van der Waals surface area contributed by atoms with Gasteiger partial charge in [-0.25, -0.2) is 9.97 Å². The van der Waals surface area contributed by atoms with Crippen molar-refractivity contribution in [2.45, 2.75) is 13.8 Å². The van der Waals surface area contributed by atoms with E-state index in [1.165, 1.54) is 0 Å². The van der Waals surface area contributed by atoms with E-state index in [2.05, 4.69) is 25.5 Å². The minimum absolute atomic E-state index is 0.113. The summed E-state index contributed by atoms with van der Waals surface area (Å²) >= 11 is 0. The highest BCUT2D eigenvalue weighted by Crippen LogP contribution is 2.17. The molecular weight excluding hydrogens is 358 g/mol. The maximum absolute atomic E-state index is 12.2. The number of carbonyl (C=O) groups excluding carboxylic acids is 1. The van der Waals surface area contributed by atoms with Gasteiger partial charge in [-0.15, -0.1) is 0 Å². The molecule has 2 N–H and O–H groups in total. The molecule has 1 fully saturated rings. The Morgan fingerprint density at radius 1 is 1.18 bits per heavy atom. The minimum Gasteiger partial charge on any atom is -0.494 e. The highest BCUT2D eigenvalue weighted by Gasteiger charge is 2.14. The van der Waals surface area contributed by atoms with Gasteiger partial charge in [0.25, 0.3) is 5.91 Å². The summed E-state index contributed by atoms with van der Waals surface area (Å²) in [5, 5.41) is 6.15. The van der Waals surface area contributed by atoms with Gasteiger partial charge in [-0.1, -0.05) is 0 Å². The SMILES string of the molecule is CCOc1ccc(C(=O)NCCNc2cc(N3CCOCC3)nc(C)n2)cc1. The zero-order valence-electron chi connectivity index (χ0n) is 16.4. The Balaban J connectivity index is 1.48. The number of anilines is 2. The lowest BCUT2D eigenvalue weighted by atomic mass is 10.2. The smallest absolute Gasteiger partial charge is 0.251 e. The second kappa shape index (κ2) is 9.89. The van der Waals surface area contributed by atoms with Crippen molar-refractivity contribution >= 4 is 17.5 Å². The molecule has 1 aliphatic heterocycles. The molecule has 2 aromatic rings. The number of morpholine rings is 1. The van der Waals surface area contributed by atoms with Crippen LogP contribution in [-0.2, 0) is 4.74 Å². The Bertz CT molecular complexity index is 776. The predicted molar refractivity (Wildman–Crippen MR) is 108 cm³/mol. The van der Waals surface area contributed by atoms with Crippen LogP contribution in [0.3, 0.4) is 0 Å².